The van der Waals surface area contributed by atoms with Crippen LogP contribution in [0.25, 0.3) is 0 Å². The van der Waals surface area contributed by atoms with Crippen molar-refractivity contribution in [2.75, 3.05) is 7.11 Å². The maximum atomic E-state index is 6.02. The number of rotatable bonds is 3. The fraction of sp³-hybridized carbons (Fsp3) is 0.455. The summed E-state index contributed by atoms with van der Waals surface area (Å²) in [5, 5.41) is 0.145. The Morgan fingerprint density at radius 2 is 2.00 bits per heavy atom. The third-order valence-corrected chi connectivity index (χ3v) is 2.69. The molecular formula is C11H15ClO. The summed E-state index contributed by atoms with van der Waals surface area (Å²) in [5.41, 5.74) is 1.22. The van der Waals surface area contributed by atoms with Gasteiger partial charge in [0.05, 0.1) is 7.11 Å². The summed E-state index contributed by atoms with van der Waals surface area (Å²) in [6.45, 7) is 4.12. The summed E-state index contributed by atoms with van der Waals surface area (Å²) < 4.78 is 5.14. The lowest BCUT2D eigenvalue weighted by molar-refractivity contribution is 0.414. The van der Waals surface area contributed by atoms with Crippen molar-refractivity contribution in [2.24, 2.45) is 0 Å². The van der Waals surface area contributed by atoms with Gasteiger partial charge >= 0.3 is 0 Å². The van der Waals surface area contributed by atoms with Crippen molar-refractivity contribution in [2.45, 2.75) is 25.1 Å². The fourth-order valence-electron chi connectivity index (χ4n) is 1.19. The minimum absolute atomic E-state index is 0.145. The van der Waals surface area contributed by atoms with Crippen LogP contribution in [0.2, 0.25) is 0 Å². The van der Waals surface area contributed by atoms with Gasteiger partial charge in [-0.05, 0) is 30.5 Å². The molecule has 1 rings (SSSR count). The van der Waals surface area contributed by atoms with E-state index in [4.69, 9.17) is 16.3 Å². The summed E-state index contributed by atoms with van der Waals surface area (Å²) >= 11 is 6.02. The van der Waals surface area contributed by atoms with Gasteiger partial charge in [0.2, 0.25) is 0 Å². The molecule has 0 saturated heterocycles. The van der Waals surface area contributed by atoms with Crippen molar-refractivity contribution in [1.29, 1.82) is 0 Å². The molecule has 1 aromatic carbocycles. The van der Waals surface area contributed by atoms with Crippen molar-refractivity contribution in [1.82, 2.24) is 0 Å². The lowest BCUT2D eigenvalue weighted by atomic mass is 9.98. The first-order valence-electron chi connectivity index (χ1n) is 4.43. The van der Waals surface area contributed by atoms with Gasteiger partial charge in [-0.1, -0.05) is 19.1 Å². The summed E-state index contributed by atoms with van der Waals surface area (Å²) in [5.74, 6) is 1.25. The highest BCUT2D eigenvalue weighted by Gasteiger charge is 2.11. The molecule has 0 N–H and O–H groups in total. The molecule has 2 atom stereocenters. The molecule has 0 aliphatic carbocycles. The van der Waals surface area contributed by atoms with Gasteiger partial charge in [0.25, 0.3) is 0 Å². The van der Waals surface area contributed by atoms with Crippen LogP contribution in [0.15, 0.2) is 24.3 Å². The number of ether oxygens (including phenoxy) is 1. The second-order valence-corrected chi connectivity index (χ2v) is 3.93. The number of halogens is 1. The number of methoxy groups -OCH3 is 1. The van der Waals surface area contributed by atoms with Gasteiger partial charge in [-0.2, -0.15) is 0 Å². The Labute approximate surface area is 84.7 Å². The average molecular weight is 199 g/mol. The monoisotopic (exact) mass is 198 g/mol. The van der Waals surface area contributed by atoms with E-state index in [1.165, 1.54) is 5.56 Å². The number of benzene rings is 1. The predicted molar refractivity (Wildman–Crippen MR) is 56.7 cm³/mol. The average Bonchev–Trinajstić information content (AvgIpc) is 2.16. The molecule has 0 aliphatic rings. The van der Waals surface area contributed by atoms with Gasteiger partial charge in [0.1, 0.15) is 5.75 Å². The van der Waals surface area contributed by atoms with E-state index in [0.717, 1.165) is 5.75 Å². The topological polar surface area (TPSA) is 9.23 Å². The van der Waals surface area contributed by atoms with Crippen LogP contribution in [-0.2, 0) is 0 Å². The van der Waals surface area contributed by atoms with Crippen molar-refractivity contribution < 1.29 is 4.74 Å². The zero-order valence-electron chi connectivity index (χ0n) is 8.25. The van der Waals surface area contributed by atoms with Crippen LogP contribution in [0.3, 0.4) is 0 Å². The Morgan fingerprint density at radius 1 is 1.31 bits per heavy atom. The van der Waals surface area contributed by atoms with E-state index in [9.17, 15) is 0 Å². The van der Waals surface area contributed by atoms with Gasteiger partial charge in [0.15, 0.2) is 0 Å². The SMILES string of the molecule is COc1cccc(C(C)C(C)Cl)c1. The van der Waals surface area contributed by atoms with Crippen LogP contribution in [0.4, 0.5) is 0 Å². The van der Waals surface area contributed by atoms with Crippen molar-refractivity contribution in [3.63, 3.8) is 0 Å². The lowest BCUT2D eigenvalue weighted by Crippen LogP contribution is -2.04. The Bertz CT molecular complexity index is 271. The summed E-state index contributed by atoms with van der Waals surface area (Å²) in [6.07, 6.45) is 0. The minimum atomic E-state index is 0.145. The van der Waals surface area contributed by atoms with E-state index in [2.05, 4.69) is 13.0 Å². The molecule has 2 unspecified atom stereocenters. The van der Waals surface area contributed by atoms with Gasteiger partial charge in [-0.3, -0.25) is 0 Å². The van der Waals surface area contributed by atoms with Gasteiger partial charge in [0, 0.05) is 5.38 Å². The molecule has 2 heteroatoms. The Hall–Kier alpha value is -0.690. The Kier molecular flexibility index (Phi) is 3.61. The molecule has 0 bridgehead atoms. The third kappa shape index (κ3) is 2.63. The molecule has 1 nitrogen and oxygen atoms in total. The summed E-state index contributed by atoms with van der Waals surface area (Å²) in [4.78, 5) is 0. The zero-order valence-corrected chi connectivity index (χ0v) is 9.01. The minimum Gasteiger partial charge on any atom is -0.497 e. The zero-order chi connectivity index (χ0) is 9.84. The molecule has 72 valence electrons. The maximum absolute atomic E-state index is 6.02. The predicted octanol–water partition coefficient (Wildman–Crippen LogP) is 3.43. The first-order valence-corrected chi connectivity index (χ1v) is 4.87. The molecule has 0 aromatic heterocycles. The van der Waals surface area contributed by atoms with E-state index in [-0.39, 0.29) is 5.38 Å². The Morgan fingerprint density at radius 3 is 2.54 bits per heavy atom. The molecular weight excluding hydrogens is 184 g/mol. The molecule has 1 aromatic rings. The van der Waals surface area contributed by atoms with Crippen LogP contribution in [0, 0.1) is 0 Å². The van der Waals surface area contributed by atoms with Crippen LogP contribution < -0.4 is 4.74 Å². The highest BCUT2D eigenvalue weighted by atomic mass is 35.5. The largest absolute Gasteiger partial charge is 0.497 e. The highest BCUT2D eigenvalue weighted by Crippen LogP contribution is 2.25. The number of alkyl halides is 1. The first-order chi connectivity index (χ1) is 6.15. The van der Waals surface area contributed by atoms with E-state index in [0.29, 0.717) is 5.92 Å². The van der Waals surface area contributed by atoms with E-state index in [1.54, 1.807) is 7.11 Å². The molecule has 0 radical (unpaired) electrons. The van der Waals surface area contributed by atoms with Crippen LogP contribution in [-0.4, -0.2) is 12.5 Å². The molecule has 0 spiro atoms. The summed E-state index contributed by atoms with van der Waals surface area (Å²) in [7, 11) is 1.67. The van der Waals surface area contributed by atoms with Crippen LogP contribution >= 0.6 is 11.6 Å². The van der Waals surface area contributed by atoms with Gasteiger partial charge in [-0.25, -0.2) is 0 Å². The van der Waals surface area contributed by atoms with Crippen LogP contribution in [0.5, 0.6) is 5.75 Å². The molecule has 0 aliphatic heterocycles. The van der Waals surface area contributed by atoms with E-state index >= 15 is 0 Å². The highest BCUT2D eigenvalue weighted by molar-refractivity contribution is 6.20. The van der Waals surface area contributed by atoms with Gasteiger partial charge < -0.3 is 4.74 Å². The number of hydrogen-bond donors (Lipinski definition) is 0. The first kappa shape index (κ1) is 10.4. The van der Waals surface area contributed by atoms with E-state index in [1.807, 2.05) is 25.1 Å². The van der Waals surface area contributed by atoms with Crippen molar-refractivity contribution in [3.05, 3.63) is 29.8 Å². The smallest absolute Gasteiger partial charge is 0.119 e. The molecule has 0 amide bonds. The lowest BCUT2D eigenvalue weighted by Gasteiger charge is -2.14. The fourth-order valence-corrected chi connectivity index (χ4v) is 1.34. The van der Waals surface area contributed by atoms with E-state index < -0.39 is 0 Å². The third-order valence-electron chi connectivity index (χ3n) is 2.31. The molecule has 0 fully saturated rings. The molecule has 13 heavy (non-hydrogen) atoms. The second-order valence-electron chi connectivity index (χ2n) is 3.24. The van der Waals surface area contributed by atoms with Gasteiger partial charge in [-0.15, -0.1) is 11.6 Å². The Balaban J connectivity index is 2.88. The summed E-state index contributed by atoms with van der Waals surface area (Å²) in [6, 6.07) is 8.04. The number of hydrogen-bond acceptors (Lipinski definition) is 1. The molecule has 0 saturated carbocycles. The second kappa shape index (κ2) is 4.52. The molecule has 0 heterocycles. The van der Waals surface area contributed by atoms with Crippen molar-refractivity contribution >= 4 is 11.6 Å². The standard InChI is InChI=1S/C11H15ClO/c1-8(9(2)12)10-5-4-6-11(7-10)13-3/h4-9H,1-3H3. The van der Waals surface area contributed by atoms with Crippen LogP contribution in [0.1, 0.15) is 25.3 Å². The normalized spacial score (nSPS) is 15.1. The quantitative estimate of drug-likeness (QED) is 0.677. The van der Waals surface area contributed by atoms with Crippen molar-refractivity contribution in [3.8, 4) is 5.75 Å². The maximum Gasteiger partial charge on any atom is 0.119 e.